The first-order valence-corrected chi connectivity index (χ1v) is 25.7. The quantitative estimate of drug-likeness (QED) is 0.161. The first-order chi connectivity index (χ1) is 32.3. The first kappa shape index (κ1) is 44.2. The molecule has 2 aliphatic carbocycles. The summed E-state index contributed by atoms with van der Waals surface area (Å²) < 4.78 is 7.14. The average molecular weight is 905 g/mol. The maximum Gasteiger partial charge on any atom is 0.333 e. The molecular formula is C65H69BN2O. The van der Waals surface area contributed by atoms with Crippen molar-refractivity contribution >= 4 is 68.1 Å². The number of fused-ring (bicyclic) bond motifs is 12. The summed E-state index contributed by atoms with van der Waals surface area (Å²) in [6.07, 6.45) is 2.33. The molecule has 0 saturated carbocycles. The van der Waals surface area contributed by atoms with Crippen molar-refractivity contribution in [3.63, 3.8) is 0 Å². The highest BCUT2D eigenvalue weighted by Gasteiger charge is 2.51. The van der Waals surface area contributed by atoms with Crippen molar-refractivity contribution in [1.29, 1.82) is 0 Å². The Bertz CT molecular complexity index is 3470. The van der Waals surface area contributed by atoms with E-state index in [1.54, 1.807) is 0 Å². The second kappa shape index (κ2) is 14.1. The molecule has 0 radical (unpaired) electrons. The predicted molar refractivity (Wildman–Crippen MR) is 296 cm³/mol. The van der Waals surface area contributed by atoms with Crippen LogP contribution in [0.1, 0.15) is 156 Å². The van der Waals surface area contributed by atoms with E-state index in [0.29, 0.717) is 0 Å². The summed E-state index contributed by atoms with van der Waals surface area (Å²) in [5, 5.41) is 2.39. The van der Waals surface area contributed by atoms with Crippen LogP contribution in [0.2, 0.25) is 0 Å². The second-order valence-electron chi connectivity index (χ2n) is 26.1. The lowest BCUT2D eigenvalue weighted by Gasteiger charge is -2.47. The van der Waals surface area contributed by atoms with Crippen molar-refractivity contribution < 1.29 is 4.42 Å². The molecule has 0 atom stereocenters. The fraction of sp³-hybridized carbons (Fsp3) is 0.354. The summed E-state index contributed by atoms with van der Waals surface area (Å²) >= 11 is 0. The summed E-state index contributed by atoms with van der Waals surface area (Å²) in [6.45, 7) is 35.4. The van der Waals surface area contributed by atoms with Gasteiger partial charge in [0.1, 0.15) is 11.2 Å². The van der Waals surface area contributed by atoms with E-state index in [2.05, 4.69) is 235 Å². The fourth-order valence-electron chi connectivity index (χ4n) is 12.9. The van der Waals surface area contributed by atoms with Gasteiger partial charge in [-0.2, -0.15) is 0 Å². The molecule has 0 saturated heterocycles. The Balaban J connectivity index is 1.24. The minimum Gasteiger partial charge on any atom is -0.456 e. The summed E-state index contributed by atoms with van der Waals surface area (Å²) in [7, 11) is 0. The molecule has 4 aliphatic rings. The Morgan fingerprint density at radius 3 is 1.65 bits per heavy atom. The Kier molecular flexibility index (Phi) is 9.03. The van der Waals surface area contributed by atoms with Gasteiger partial charge in [-0.05, 0) is 161 Å². The number of furan rings is 1. The number of rotatable bonds is 2. The van der Waals surface area contributed by atoms with Gasteiger partial charge in [-0.25, -0.2) is 0 Å². The van der Waals surface area contributed by atoms with Gasteiger partial charge in [0.05, 0.1) is 0 Å². The second-order valence-corrected chi connectivity index (χ2v) is 26.1. The maximum atomic E-state index is 7.14. The molecule has 0 bridgehead atoms. The monoisotopic (exact) mass is 905 g/mol. The minimum absolute atomic E-state index is 0.0179. The molecule has 0 amide bonds. The molecule has 1 aromatic heterocycles. The third-order valence-electron chi connectivity index (χ3n) is 17.2. The normalized spacial score (nSPS) is 17.3. The Hall–Kier alpha value is -6.00. The predicted octanol–water partition coefficient (Wildman–Crippen LogP) is 16.8. The van der Waals surface area contributed by atoms with Crippen molar-refractivity contribution in [3.8, 4) is 22.3 Å². The van der Waals surface area contributed by atoms with E-state index < -0.39 is 0 Å². The third-order valence-corrected chi connectivity index (χ3v) is 17.2. The van der Waals surface area contributed by atoms with Crippen LogP contribution in [0.5, 0.6) is 0 Å². The summed E-state index contributed by atoms with van der Waals surface area (Å²) in [5.74, 6) is 0. The molecule has 7 aromatic carbocycles. The van der Waals surface area contributed by atoms with Crippen LogP contribution in [-0.4, -0.2) is 6.85 Å². The summed E-state index contributed by atoms with van der Waals surface area (Å²) in [6, 6.07) is 47.9. The molecule has 0 unspecified atom stereocenters. The van der Waals surface area contributed by atoms with Crippen molar-refractivity contribution in [2.24, 2.45) is 0 Å². The standard InChI is InChI=1S/C65H69BN2O/c1-60(2,3)38-20-25-41(26-21-38)67-53-29-24-40(62(7,8)9)32-52(53)66-58-48(34-47-43-18-16-17-19-49(43)65(14,15)57(47)59(58)67)44-33-45-46-35-50-51(64(12,13)31-30-63(50,10)11)36-55(46)69-56(45)37-54(44)68(66)42-27-22-39(23-28-42)61(4,5)6/h16-29,32-37H,30-31H2,1-15H3. The Morgan fingerprint density at radius 2 is 1.03 bits per heavy atom. The molecule has 4 heteroatoms. The molecule has 348 valence electrons. The maximum absolute atomic E-state index is 7.14. The molecule has 0 spiro atoms. The average Bonchev–Trinajstić information content (AvgIpc) is 3.76. The molecule has 3 nitrogen and oxygen atoms in total. The highest BCUT2D eigenvalue weighted by molar-refractivity contribution is 6.93. The minimum atomic E-state index is -0.267. The van der Waals surface area contributed by atoms with E-state index in [1.165, 1.54) is 118 Å². The van der Waals surface area contributed by atoms with Crippen LogP contribution >= 0.6 is 0 Å². The van der Waals surface area contributed by atoms with Crippen LogP contribution < -0.4 is 20.6 Å². The topological polar surface area (TPSA) is 19.6 Å². The zero-order valence-electron chi connectivity index (χ0n) is 43.8. The van der Waals surface area contributed by atoms with Gasteiger partial charge in [0.2, 0.25) is 0 Å². The number of hydrogen-bond donors (Lipinski definition) is 0. The third kappa shape index (κ3) is 6.38. The van der Waals surface area contributed by atoms with E-state index in [1.807, 2.05) is 0 Å². The largest absolute Gasteiger partial charge is 0.456 e. The van der Waals surface area contributed by atoms with Gasteiger partial charge < -0.3 is 14.1 Å². The summed E-state index contributed by atoms with van der Waals surface area (Å²) in [4.78, 5) is 5.34. The van der Waals surface area contributed by atoms with E-state index >= 15 is 0 Å². The van der Waals surface area contributed by atoms with Gasteiger partial charge >= 0.3 is 6.85 Å². The molecule has 3 heterocycles. The number of benzene rings is 7. The highest BCUT2D eigenvalue weighted by atomic mass is 16.3. The van der Waals surface area contributed by atoms with Crippen LogP contribution in [0.3, 0.4) is 0 Å². The van der Waals surface area contributed by atoms with E-state index in [0.717, 1.165) is 17.6 Å². The van der Waals surface area contributed by atoms with Gasteiger partial charge in [-0.3, -0.25) is 0 Å². The van der Waals surface area contributed by atoms with Crippen molar-refractivity contribution in [2.45, 2.75) is 149 Å². The molecular weight excluding hydrogens is 836 g/mol. The van der Waals surface area contributed by atoms with Crippen LogP contribution in [0.4, 0.5) is 28.4 Å². The fourth-order valence-corrected chi connectivity index (χ4v) is 12.9. The lowest BCUT2D eigenvalue weighted by molar-refractivity contribution is 0.332. The number of hydrogen-bond acceptors (Lipinski definition) is 3. The van der Waals surface area contributed by atoms with Gasteiger partial charge in [-0.1, -0.05) is 165 Å². The Labute approximate surface area is 412 Å². The SMILES string of the molecule is CC(C)(C)c1ccc(N2B3c4cc(C(C)(C)C)ccc4N(c4ccc(C(C)(C)C)cc4)c4c3c(cc3c4C(C)(C)c4ccccc4-3)-c3cc4c(cc32)oc2cc3c(cc24)C(C)(C)CCC3(C)C)cc1. The molecule has 8 aromatic rings. The van der Waals surface area contributed by atoms with Crippen LogP contribution in [-0.2, 0) is 32.5 Å². The van der Waals surface area contributed by atoms with Gasteiger partial charge in [-0.15, -0.1) is 0 Å². The van der Waals surface area contributed by atoms with Gasteiger partial charge in [0.25, 0.3) is 0 Å². The number of anilines is 5. The lowest BCUT2D eigenvalue weighted by atomic mass is 9.42. The highest BCUT2D eigenvalue weighted by Crippen LogP contribution is 2.59. The molecule has 0 fully saturated rings. The zero-order chi connectivity index (χ0) is 48.7. The first-order valence-electron chi connectivity index (χ1n) is 25.7. The van der Waals surface area contributed by atoms with Crippen LogP contribution in [0, 0.1) is 0 Å². The smallest absolute Gasteiger partial charge is 0.333 e. The van der Waals surface area contributed by atoms with E-state index in [9.17, 15) is 0 Å². The molecule has 12 rings (SSSR count). The number of nitrogens with zero attached hydrogens (tertiary/aromatic N) is 2. The lowest BCUT2D eigenvalue weighted by Crippen LogP contribution is -2.62. The van der Waals surface area contributed by atoms with Gasteiger partial charge in [0.15, 0.2) is 0 Å². The molecule has 69 heavy (non-hydrogen) atoms. The van der Waals surface area contributed by atoms with Crippen molar-refractivity contribution in [1.82, 2.24) is 0 Å². The van der Waals surface area contributed by atoms with Crippen molar-refractivity contribution in [3.05, 3.63) is 160 Å². The van der Waals surface area contributed by atoms with E-state index in [-0.39, 0.29) is 39.3 Å². The molecule has 0 N–H and O–H groups in total. The van der Waals surface area contributed by atoms with Crippen molar-refractivity contribution in [2.75, 3.05) is 9.71 Å². The van der Waals surface area contributed by atoms with Crippen LogP contribution in [0.25, 0.3) is 44.2 Å². The van der Waals surface area contributed by atoms with E-state index in [4.69, 9.17) is 4.42 Å². The molecule has 2 aliphatic heterocycles. The Morgan fingerprint density at radius 1 is 0.478 bits per heavy atom. The summed E-state index contributed by atoms with van der Waals surface area (Å²) in [5.41, 5.74) is 25.4. The zero-order valence-corrected chi connectivity index (χ0v) is 43.8. The van der Waals surface area contributed by atoms with Crippen LogP contribution in [0.15, 0.2) is 126 Å². The van der Waals surface area contributed by atoms with Gasteiger partial charge in [0, 0.05) is 56.3 Å².